The van der Waals surface area contributed by atoms with E-state index >= 15 is 0 Å². The van der Waals surface area contributed by atoms with E-state index in [-0.39, 0.29) is 18.1 Å². The zero-order valence-corrected chi connectivity index (χ0v) is 15.9. The van der Waals surface area contributed by atoms with Crippen molar-refractivity contribution in [2.45, 2.75) is 52.3 Å². The summed E-state index contributed by atoms with van der Waals surface area (Å²) in [6.07, 6.45) is 0.763. The lowest BCUT2D eigenvalue weighted by Crippen LogP contribution is -2.60. The predicted octanol–water partition coefficient (Wildman–Crippen LogP) is 0.316. The number of aliphatic hydroxyl groups excluding tert-OH is 1. The van der Waals surface area contributed by atoms with Gasteiger partial charge in [-0.25, -0.2) is 0 Å². The summed E-state index contributed by atoms with van der Waals surface area (Å²) in [4.78, 5) is 22.0. The van der Waals surface area contributed by atoms with Gasteiger partial charge < -0.3 is 14.9 Å². The normalized spacial score (nSPS) is 27.2. The lowest BCUT2D eigenvalue weighted by Gasteiger charge is -2.45. The van der Waals surface area contributed by atoms with Crippen LogP contribution in [0.2, 0.25) is 0 Å². The van der Waals surface area contributed by atoms with Crippen LogP contribution in [0.3, 0.4) is 0 Å². The number of nitrogens with zero attached hydrogens (tertiary/aromatic N) is 4. The maximum absolute atomic E-state index is 12.9. The van der Waals surface area contributed by atoms with Crippen LogP contribution in [0.4, 0.5) is 0 Å². The molecule has 0 spiro atoms. The Bertz CT molecular complexity index is 396. The second kappa shape index (κ2) is 9.13. The number of hydrogen-bond acceptors (Lipinski definition) is 5. The number of piperazine rings is 2. The fourth-order valence-corrected chi connectivity index (χ4v) is 3.94. The summed E-state index contributed by atoms with van der Waals surface area (Å²) in [6.45, 7) is 16.6. The molecule has 0 aromatic heterocycles. The maximum atomic E-state index is 12.9. The van der Waals surface area contributed by atoms with Crippen LogP contribution in [-0.2, 0) is 4.79 Å². The fourth-order valence-electron chi connectivity index (χ4n) is 3.94. The first-order chi connectivity index (χ1) is 11.5. The second-order valence-electron chi connectivity index (χ2n) is 7.34. The lowest BCUT2D eigenvalue weighted by atomic mass is 10.1. The molecule has 24 heavy (non-hydrogen) atoms. The Morgan fingerprint density at radius 2 is 1.75 bits per heavy atom. The van der Waals surface area contributed by atoms with Crippen LogP contribution in [0, 0.1) is 0 Å². The molecule has 0 radical (unpaired) electrons. The summed E-state index contributed by atoms with van der Waals surface area (Å²) >= 11 is 0. The number of amides is 1. The van der Waals surface area contributed by atoms with Crippen molar-refractivity contribution in [2.75, 3.05) is 58.9 Å². The Hall–Kier alpha value is -0.690. The number of β-amino-alcohol motifs (C(OH)–C–C–N with tert-alkyl or cyclic N) is 1. The monoisotopic (exact) mass is 340 g/mol. The van der Waals surface area contributed by atoms with Crippen molar-refractivity contribution in [3.8, 4) is 0 Å². The topological polar surface area (TPSA) is 50.3 Å². The standard InChI is InChI=1S/C18H36N4O2/c1-5-17-14-21(11-12-22(17)13-15(3)23)16(4)18(24)20-9-7-19(6-2)8-10-20/h15-17,23H,5-14H2,1-4H3/t15-,16+,17+/m0/s1. The molecular weight excluding hydrogens is 304 g/mol. The molecule has 2 fully saturated rings. The molecule has 1 amide bonds. The largest absolute Gasteiger partial charge is 0.392 e. The molecule has 0 saturated carbocycles. The molecule has 0 bridgehead atoms. The number of rotatable bonds is 6. The Balaban J connectivity index is 1.88. The summed E-state index contributed by atoms with van der Waals surface area (Å²) < 4.78 is 0. The molecule has 3 atom stereocenters. The highest BCUT2D eigenvalue weighted by atomic mass is 16.3. The van der Waals surface area contributed by atoms with Crippen LogP contribution in [0.15, 0.2) is 0 Å². The van der Waals surface area contributed by atoms with Gasteiger partial charge in [0.1, 0.15) is 0 Å². The van der Waals surface area contributed by atoms with E-state index in [4.69, 9.17) is 0 Å². The zero-order valence-electron chi connectivity index (χ0n) is 15.9. The van der Waals surface area contributed by atoms with E-state index in [2.05, 4.69) is 35.5 Å². The molecule has 0 aromatic carbocycles. The molecular formula is C18H36N4O2. The zero-order chi connectivity index (χ0) is 17.7. The lowest BCUT2D eigenvalue weighted by molar-refractivity contribution is -0.139. The van der Waals surface area contributed by atoms with Crippen molar-refractivity contribution in [1.29, 1.82) is 0 Å². The quantitative estimate of drug-likeness (QED) is 0.754. The van der Waals surface area contributed by atoms with E-state index < -0.39 is 0 Å². The summed E-state index contributed by atoms with van der Waals surface area (Å²) in [5.41, 5.74) is 0. The van der Waals surface area contributed by atoms with E-state index in [0.717, 1.165) is 65.3 Å². The van der Waals surface area contributed by atoms with Crippen molar-refractivity contribution < 1.29 is 9.90 Å². The van der Waals surface area contributed by atoms with Crippen LogP contribution in [0.5, 0.6) is 0 Å². The molecule has 2 aliphatic heterocycles. The SMILES string of the molecule is CC[C@@H]1CN([C@H](C)C(=O)N2CCN(CC)CC2)CCN1C[C@H](C)O. The smallest absolute Gasteiger partial charge is 0.239 e. The van der Waals surface area contributed by atoms with Crippen molar-refractivity contribution in [1.82, 2.24) is 19.6 Å². The van der Waals surface area contributed by atoms with Crippen molar-refractivity contribution >= 4 is 5.91 Å². The van der Waals surface area contributed by atoms with Crippen LogP contribution in [0.1, 0.15) is 34.1 Å². The molecule has 2 saturated heterocycles. The average molecular weight is 341 g/mol. The minimum Gasteiger partial charge on any atom is -0.392 e. The highest BCUT2D eigenvalue weighted by molar-refractivity contribution is 5.81. The minimum absolute atomic E-state index is 0.0408. The first-order valence-corrected chi connectivity index (χ1v) is 9.63. The minimum atomic E-state index is -0.292. The number of aliphatic hydroxyl groups is 1. The molecule has 140 valence electrons. The highest BCUT2D eigenvalue weighted by Gasteiger charge is 2.33. The third kappa shape index (κ3) is 4.91. The molecule has 6 nitrogen and oxygen atoms in total. The van der Waals surface area contributed by atoms with Gasteiger partial charge in [0.2, 0.25) is 5.91 Å². The molecule has 0 unspecified atom stereocenters. The molecule has 2 aliphatic rings. The fraction of sp³-hybridized carbons (Fsp3) is 0.944. The van der Waals surface area contributed by atoms with Crippen LogP contribution in [-0.4, -0.2) is 108 Å². The first kappa shape index (κ1) is 19.6. The van der Waals surface area contributed by atoms with Gasteiger partial charge in [-0.05, 0) is 26.8 Å². The number of carbonyl (C=O) groups is 1. The molecule has 6 heteroatoms. The van der Waals surface area contributed by atoms with Gasteiger partial charge in [0.05, 0.1) is 12.1 Å². The van der Waals surface area contributed by atoms with Crippen LogP contribution >= 0.6 is 0 Å². The van der Waals surface area contributed by atoms with Crippen molar-refractivity contribution in [2.24, 2.45) is 0 Å². The average Bonchev–Trinajstić information content (AvgIpc) is 2.60. The van der Waals surface area contributed by atoms with E-state index in [1.54, 1.807) is 0 Å². The van der Waals surface area contributed by atoms with E-state index in [9.17, 15) is 9.90 Å². The Morgan fingerprint density at radius 3 is 2.29 bits per heavy atom. The molecule has 2 heterocycles. The van der Waals surface area contributed by atoms with Gasteiger partial charge in [-0.2, -0.15) is 0 Å². The highest BCUT2D eigenvalue weighted by Crippen LogP contribution is 2.17. The van der Waals surface area contributed by atoms with Gasteiger partial charge in [0.15, 0.2) is 0 Å². The summed E-state index contributed by atoms with van der Waals surface area (Å²) in [7, 11) is 0. The predicted molar refractivity (Wildman–Crippen MR) is 97.1 cm³/mol. The van der Waals surface area contributed by atoms with Gasteiger partial charge in [0, 0.05) is 58.4 Å². The third-order valence-electron chi connectivity index (χ3n) is 5.64. The van der Waals surface area contributed by atoms with Gasteiger partial charge >= 0.3 is 0 Å². The summed E-state index contributed by atoms with van der Waals surface area (Å²) in [6, 6.07) is 0.390. The van der Waals surface area contributed by atoms with Gasteiger partial charge in [-0.15, -0.1) is 0 Å². The third-order valence-corrected chi connectivity index (χ3v) is 5.64. The van der Waals surface area contributed by atoms with Crippen LogP contribution < -0.4 is 0 Å². The van der Waals surface area contributed by atoms with E-state index in [1.165, 1.54) is 0 Å². The Morgan fingerprint density at radius 1 is 1.08 bits per heavy atom. The van der Waals surface area contributed by atoms with Gasteiger partial charge in [-0.1, -0.05) is 13.8 Å². The summed E-state index contributed by atoms with van der Waals surface area (Å²) in [5.74, 6) is 0.282. The van der Waals surface area contributed by atoms with Gasteiger partial charge in [0.25, 0.3) is 0 Å². The maximum Gasteiger partial charge on any atom is 0.239 e. The summed E-state index contributed by atoms with van der Waals surface area (Å²) in [5, 5.41) is 9.67. The van der Waals surface area contributed by atoms with E-state index in [0.29, 0.717) is 6.04 Å². The molecule has 1 N–H and O–H groups in total. The van der Waals surface area contributed by atoms with Crippen LogP contribution in [0.25, 0.3) is 0 Å². The first-order valence-electron chi connectivity index (χ1n) is 9.63. The second-order valence-corrected chi connectivity index (χ2v) is 7.34. The Kier molecular flexibility index (Phi) is 7.47. The number of likely N-dealkylation sites (N-methyl/N-ethyl adjacent to an activating group) is 1. The molecule has 2 rings (SSSR count). The van der Waals surface area contributed by atoms with Gasteiger partial charge in [-0.3, -0.25) is 14.6 Å². The number of hydrogen-bond donors (Lipinski definition) is 1. The van der Waals surface area contributed by atoms with Crippen molar-refractivity contribution in [3.05, 3.63) is 0 Å². The molecule has 0 aliphatic carbocycles. The number of carbonyl (C=O) groups excluding carboxylic acids is 1. The molecule has 0 aromatic rings. The van der Waals surface area contributed by atoms with Crippen molar-refractivity contribution in [3.63, 3.8) is 0 Å². The van der Waals surface area contributed by atoms with E-state index in [1.807, 2.05) is 11.8 Å². The Labute approximate surface area is 147 Å².